The molecule has 1 N–H and O–H groups in total. The molecule has 4 aromatic rings. The zero-order valence-corrected chi connectivity index (χ0v) is 26.3. The van der Waals surface area contributed by atoms with Gasteiger partial charge in [0.2, 0.25) is 11.0 Å². The van der Waals surface area contributed by atoms with Gasteiger partial charge in [-0.2, -0.15) is 13.0 Å². The smallest absolute Gasteiger partial charge is 0.363 e. The van der Waals surface area contributed by atoms with E-state index in [2.05, 4.69) is 0 Å². The van der Waals surface area contributed by atoms with Crippen molar-refractivity contribution < 1.29 is 55.8 Å². The van der Waals surface area contributed by atoms with E-state index in [1.165, 1.54) is 26.4 Å². The number of fused-ring (bicyclic) bond motifs is 2. The van der Waals surface area contributed by atoms with Crippen LogP contribution in [0.1, 0.15) is 51.1 Å². The van der Waals surface area contributed by atoms with E-state index in [9.17, 15) is 32.1 Å². The molecule has 0 aliphatic carbocycles. The Morgan fingerprint density at radius 1 is 0.848 bits per heavy atom. The standard InChI is InChI=1S/C32H30N2O11S/c1-18-14-20(31(37)45-34-27(35)10-11-28(34)36)15-19(2)30(18)44-32(38)29-23-16-21(42-3)6-8-25(23)33(12-5-13-46(39,40)41)26-9-7-22(43-4)17-24(26)29/h6-9,14-17H,5,10-13H2,1-4H3/p+1. The van der Waals surface area contributed by atoms with Crippen molar-refractivity contribution in [3.05, 3.63) is 70.8 Å². The summed E-state index contributed by atoms with van der Waals surface area (Å²) in [6.07, 6.45) is 0.0251. The molecule has 0 radical (unpaired) electrons. The maximum atomic E-state index is 14.1. The van der Waals surface area contributed by atoms with E-state index in [0.29, 0.717) is 49.5 Å². The molecule has 0 saturated carbocycles. The third-order valence-electron chi connectivity index (χ3n) is 7.59. The van der Waals surface area contributed by atoms with Gasteiger partial charge in [-0.1, -0.05) is 0 Å². The Labute approximate surface area is 263 Å². The Kier molecular flexibility index (Phi) is 8.94. The molecule has 14 heteroatoms. The van der Waals surface area contributed by atoms with Gasteiger partial charge in [-0.25, -0.2) is 9.59 Å². The highest BCUT2D eigenvalue weighted by Crippen LogP contribution is 2.33. The minimum atomic E-state index is -4.19. The third-order valence-corrected chi connectivity index (χ3v) is 8.39. The first-order valence-corrected chi connectivity index (χ1v) is 15.8. The van der Waals surface area contributed by atoms with E-state index < -0.39 is 39.6 Å². The van der Waals surface area contributed by atoms with Crippen LogP contribution in [-0.2, 0) is 31.1 Å². The number of amides is 2. The minimum absolute atomic E-state index is 0.0375. The molecule has 240 valence electrons. The molecule has 1 aliphatic heterocycles. The quantitative estimate of drug-likeness (QED) is 0.0664. The van der Waals surface area contributed by atoms with Crippen molar-refractivity contribution in [1.82, 2.24) is 5.06 Å². The lowest BCUT2D eigenvalue weighted by molar-refractivity contribution is -0.645. The molecule has 5 rings (SSSR count). The number of hydrogen-bond acceptors (Lipinski definition) is 10. The lowest BCUT2D eigenvalue weighted by atomic mass is 10.0. The predicted octanol–water partition coefficient (Wildman–Crippen LogP) is 3.63. The second kappa shape index (κ2) is 12.7. The number of nitrogens with zero attached hydrogens (tertiary/aromatic N) is 2. The van der Waals surface area contributed by atoms with Gasteiger partial charge in [0.05, 0.1) is 41.9 Å². The summed E-state index contributed by atoms with van der Waals surface area (Å²) >= 11 is 0. The average Bonchev–Trinajstić information content (AvgIpc) is 3.33. The van der Waals surface area contributed by atoms with E-state index in [-0.39, 0.29) is 42.7 Å². The predicted molar refractivity (Wildman–Crippen MR) is 163 cm³/mol. The average molecular weight is 652 g/mol. The summed E-state index contributed by atoms with van der Waals surface area (Å²) in [4.78, 5) is 55.7. The minimum Gasteiger partial charge on any atom is -0.497 e. The summed E-state index contributed by atoms with van der Waals surface area (Å²) in [6, 6.07) is 13.1. The van der Waals surface area contributed by atoms with Crippen LogP contribution in [0.15, 0.2) is 48.5 Å². The van der Waals surface area contributed by atoms with Crippen LogP contribution in [0.4, 0.5) is 0 Å². The number of rotatable bonds is 10. The van der Waals surface area contributed by atoms with E-state index in [1.807, 2.05) is 4.57 Å². The molecule has 46 heavy (non-hydrogen) atoms. The van der Waals surface area contributed by atoms with Crippen LogP contribution in [0.25, 0.3) is 21.8 Å². The van der Waals surface area contributed by atoms with Gasteiger partial charge in [0.25, 0.3) is 21.9 Å². The fourth-order valence-corrected chi connectivity index (χ4v) is 5.96. The summed E-state index contributed by atoms with van der Waals surface area (Å²) in [5, 5.41) is 1.37. The molecule has 0 unspecified atom stereocenters. The molecule has 0 atom stereocenters. The van der Waals surface area contributed by atoms with Crippen molar-refractivity contribution in [3.8, 4) is 17.2 Å². The molecule has 1 fully saturated rings. The molecular formula is C32H31N2O11S+. The fraction of sp³-hybridized carbons (Fsp3) is 0.281. The number of hydroxylamine groups is 2. The van der Waals surface area contributed by atoms with Crippen molar-refractivity contribution in [3.63, 3.8) is 0 Å². The van der Waals surface area contributed by atoms with Crippen LogP contribution in [0.5, 0.6) is 17.2 Å². The molecule has 1 saturated heterocycles. The zero-order chi connectivity index (χ0) is 33.3. The van der Waals surface area contributed by atoms with Gasteiger partial charge in [0.15, 0.2) is 6.54 Å². The summed E-state index contributed by atoms with van der Waals surface area (Å²) in [7, 11) is -1.23. The van der Waals surface area contributed by atoms with Crippen molar-refractivity contribution in [1.29, 1.82) is 0 Å². The second-order valence-corrected chi connectivity index (χ2v) is 12.3. The number of hydrogen-bond donors (Lipinski definition) is 1. The maximum Gasteiger partial charge on any atom is 0.363 e. The monoisotopic (exact) mass is 651 g/mol. The second-order valence-electron chi connectivity index (χ2n) is 10.7. The van der Waals surface area contributed by atoms with Crippen LogP contribution in [0.2, 0.25) is 0 Å². The number of benzene rings is 3. The van der Waals surface area contributed by atoms with Crippen molar-refractivity contribution in [2.24, 2.45) is 0 Å². The third kappa shape index (κ3) is 6.48. The molecule has 0 spiro atoms. The number of carbonyl (C=O) groups excluding carboxylic acids is 4. The summed E-state index contributed by atoms with van der Waals surface area (Å²) < 4.78 is 50.9. The first-order valence-electron chi connectivity index (χ1n) is 14.2. The van der Waals surface area contributed by atoms with Crippen molar-refractivity contribution >= 4 is 55.7 Å². The maximum absolute atomic E-state index is 14.1. The molecule has 2 heterocycles. The highest BCUT2D eigenvalue weighted by Gasteiger charge is 2.34. The lowest BCUT2D eigenvalue weighted by Crippen LogP contribution is -2.37. The van der Waals surface area contributed by atoms with Gasteiger partial charge >= 0.3 is 11.9 Å². The van der Waals surface area contributed by atoms with Crippen LogP contribution < -0.4 is 18.8 Å². The number of carbonyl (C=O) groups is 4. The number of pyridine rings is 1. The number of aryl methyl sites for hydroxylation is 3. The number of esters is 1. The molecular weight excluding hydrogens is 620 g/mol. The summed E-state index contributed by atoms with van der Waals surface area (Å²) in [5.41, 5.74) is 2.23. The number of imide groups is 1. The first kappa shape index (κ1) is 32.3. The van der Waals surface area contributed by atoms with Gasteiger partial charge in [0, 0.05) is 31.4 Å². The summed E-state index contributed by atoms with van der Waals surface area (Å²) in [5.74, 6) is -2.20. The van der Waals surface area contributed by atoms with E-state index in [1.54, 1.807) is 50.2 Å². The van der Waals surface area contributed by atoms with Crippen molar-refractivity contribution in [2.75, 3.05) is 20.0 Å². The molecule has 1 aliphatic rings. The Hall–Kier alpha value is -5.08. The highest BCUT2D eigenvalue weighted by molar-refractivity contribution is 7.85. The number of ether oxygens (including phenoxy) is 3. The molecule has 13 nitrogen and oxygen atoms in total. The molecule has 2 amide bonds. The Balaban J connectivity index is 1.58. The molecule has 0 bridgehead atoms. The SMILES string of the molecule is COc1ccc2c(c1)c(C(=O)Oc1c(C)cc(C(=O)ON3C(=O)CCC3=O)cc1C)c1cc(OC)ccc1[n+]2CCCS(=O)(=O)O. The first-order chi connectivity index (χ1) is 21.8. The molecule has 1 aromatic heterocycles. The Morgan fingerprint density at radius 3 is 1.85 bits per heavy atom. The summed E-state index contributed by atoms with van der Waals surface area (Å²) in [6.45, 7) is 3.47. The van der Waals surface area contributed by atoms with Crippen LogP contribution in [0, 0.1) is 13.8 Å². The normalized spacial score (nSPS) is 13.4. The van der Waals surface area contributed by atoms with Crippen LogP contribution >= 0.6 is 0 Å². The fourth-order valence-electron chi connectivity index (χ4n) is 5.46. The van der Waals surface area contributed by atoms with E-state index in [4.69, 9.17) is 19.0 Å². The van der Waals surface area contributed by atoms with Gasteiger partial charge in [-0.3, -0.25) is 14.1 Å². The van der Waals surface area contributed by atoms with Crippen molar-refractivity contribution in [2.45, 2.75) is 39.7 Å². The number of aromatic nitrogens is 1. The van der Waals surface area contributed by atoms with Crippen LogP contribution in [-0.4, -0.2) is 61.8 Å². The lowest BCUT2D eigenvalue weighted by Gasteiger charge is -2.16. The zero-order valence-electron chi connectivity index (χ0n) is 25.5. The topological polar surface area (TPSA) is 167 Å². The Bertz CT molecular complexity index is 1940. The largest absolute Gasteiger partial charge is 0.497 e. The van der Waals surface area contributed by atoms with Gasteiger partial charge in [-0.05, 0) is 61.4 Å². The Morgan fingerprint density at radius 2 is 1.37 bits per heavy atom. The highest BCUT2D eigenvalue weighted by atomic mass is 32.2. The van der Waals surface area contributed by atoms with Crippen LogP contribution in [0.3, 0.4) is 0 Å². The van der Waals surface area contributed by atoms with Gasteiger partial charge < -0.3 is 19.0 Å². The van der Waals surface area contributed by atoms with Gasteiger partial charge in [-0.15, -0.1) is 5.06 Å². The number of methoxy groups -OCH3 is 2. The van der Waals surface area contributed by atoms with Gasteiger partial charge in [0.1, 0.15) is 17.2 Å². The van der Waals surface area contributed by atoms with E-state index in [0.717, 1.165) is 0 Å². The molecule has 3 aromatic carbocycles. The van der Waals surface area contributed by atoms with E-state index >= 15 is 0 Å².